The van der Waals surface area contributed by atoms with Crippen molar-refractivity contribution in [3.63, 3.8) is 0 Å². The van der Waals surface area contributed by atoms with Crippen LogP contribution in [0.1, 0.15) is 11.3 Å². The van der Waals surface area contributed by atoms with Crippen LogP contribution in [0.5, 0.6) is 5.75 Å². The quantitative estimate of drug-likeness (QED) is 0.878. The fourth-order valence-electron chi connectivity index (χ4n) is 2.13. The summed E-state index contributed by atoms with van der Waals surface area (Å²) in [4.78, 5) is 0. The molecule has 3 rings (SSSR count). The van der Waals surface area contributed by atoms with E-state index in [0.29, 0.717) is 0 Å². The van der Waals surface area contributed by atoms with Crippen LogP contribution in [-0.2, 0) is 13.0 Å². The second kappa shape index (κ2) is 5.24. The Balaban J connectivity index is 1.78. The number of hydrogen-bond donors (Lipinski definition) is 2. The van der Waals surface area contributed by atoms with E-state index in [1.54, 1.807) is 7.11 Å². The molecule has 98 valence electrons. The molecule has 0 atom stereocenters. The van der Waals surface area contributed by atoms with E-state index >= 15 is 0 Å². The van der Waals surface area contributed by atoms with E-state index in [0.717, 1.165) is 42.5 Å². The van der Waals surface area contributed by atoms with Gasteiger partial charge in [0.2, 0.25) is 0 Å². The number of nitrogens with one attached hydrogen (secondary N) is 2. The zero-order valence-corrected chi connectivity index (χ0v) is 10.8. The smallest absolute Gasteiger partial charge is 0.153 e. The van der Waals surface area contributed by atoms with Gasteiger partial charge in [0.15, 0.2) is 5.82 Å². The molecule has 0 fully saturated rings. The number of anilines is 2. The molecule has 1 aromatic carbocycles. The van der Waals surface area contributed by atoms with E-state index in [-0.39, 0.29) is 0 Å². The molecule has 1 aromatic heterocycles. The van der Waals surface area contributed by atoms with E-state index in [9.17, 15) is 0 Å². The van der Waals surface area contributed by atoms with E-state index in [1.165, 1.54) is 5.56 Å². The Labute approximate surface area is 112 Å². The molecular weight excluding hydrogens is 240 g/mol. The molecule has 2 heterocycles. The first kappa shape index (κ1) is 11.9. The van der Waals surface area contributed by atoms with Crippen molar-refractivity contribution in [2.75, 3.05) is 19.0 Å². The van der Waals surface area contributed by atoms with E-state index < -0.39 is 0 Å². The lowest BCUT2D eigenvalue weighted by molar-refractivity contribution is 0.415. The van der Waals surface area contributed by atoms with Gasteiger partial charge in [0.1, 0.15) is 5.75 Å². The predicted molar refractivity (Wildman–Crippen MR) is 73.7 cm³/mol. The largest absolute Gasteiger partial charge is 0.497 e. The van der Waals surface area contributed by atoms with Crippen molar-refractivity contribution in [2.24, 2.45) is 0 Å². The lowest BCUT2D eigenvalue weighted by atomic mass is 10.1. The molecule has 1 aliphatic heterocycles. The molecule has 0 amide bonds. The number of hydrogen-bond acceptors (Lipinski definition) is 5. The minimum Gasteiger partial charge on any atom is -0.497 e. The summed E-state index contributed by atoms with van der Waals surface area (Å²) in [5.74, 6) is 1.61. The lowest BCUT2D eigenvalue weighted by Gasteiger charge is -2.16. The van der Waals surface area contributed by atoms with Crippen LogP contribution in [0.2, 0.25) is 0 Å². The van der Waals surface area contributed by atoms with Crippen LogP contribution in [0, 0.1) is 0 Å². The maximum Gasteiger partial charge on any atom is 0.153 e. The van der Waals surface area contributed by atoms with Crippen molar-refractivity contribution in [3.8, 4) is 5.75 Å². The third-order valence-corrected chi connectivity index (χ3v) is 3.18. The van der Waals surface area contributed by atoms with Gasteiger partial charge in [0.05, 0.1) is 12.8 Å². The van der Waals surface area contributed by atoms with Gasteiger partial charge in [-0.1, -0.05) is 0 Å². The van der Waals surface area contributed by atoms with Gasteiger partial charge < -0.3 is 15.4 Å². The first-order valence-electron chi connectivity index (χ1n) is 6.32. The van der Waals surface area contributed by atoms with Gasteiger partial charge in [-0.05, 0) is 35.9 Å². The first-order valence-corrected chi connectivity index (χ1v) is 6.32. The normalized spacial score (nSPS) is 13.7. The molecule has 0 spiro atoms. The van der Waals surface area contributed by atoms with Crippen LogP contribution in [0.3, 0.4) is 0 Å². The Bertz CT molecular complexity index is 568. The average Bonchev–Trinajstić information content (AvgIpc) is 2.48. The highest BCUT2D eigenvalue weighted by molar-refractivity contribution is 5.57. The first-order chi connectivity index (χ1) is 9.35. The molecule has 5 nitrogen and oxygen atoms in total. The number of benzene rings is 1. The molecule has 5 heteroatoms. The molecule has 0 aliphatic carbocycles. The molecule has 0 saturated carbocycles. The molecule has 2 aromatic rings. The van der Waals surface area contributed by atoms with Crippen molar-refractivity contribution in [1.82, 2.24) is 15.5 Å². The standard InChI is InChI=1S/C14H16N4O/c1-19-12-4-2-11(3-5-12)16-14-8-10-9-15-7-6-13(10)17-18-14/h2-5,8,15H,6-7,9H2,1H3,(H,16,18). The second-order valence-electron chi connectivity index (χ2n) is 4.48. The van der Waals surface area contributed by atoms with Crippen LogP contribution >= 0.6 is 0 Å². The summed E-state index contributed by atoms with van der Waals surface area (Å²) in [5.41, 5.74) is 3.29. The van der Waals surface area contributed by atoms with Crippen molar-refractivity contribution in [3.05, 3.63) is 41.6 Å². The van der Waals surface area contributed by atoms with Crippen LogP contribution in [0.15, 0.2) is 30.3 Å². The Morgan fingerprint density at radius 3 is 2.84 bits per heavy atom. The minimum absolute atomic E-state index is 0.771. The minimum atomic E-state index is 0.771. The summed E-state index contributed by atoms with van der Waals surface area (Å²) >= 11 is 0. The van der Waals surface area contributed by atoms with E-state index in [4.69, 9.17) is 4.74 Å². The van der Waals surface area contributed by atoms with Gasteiger partial charge in [-0.2, -0.15) is 5.10 Å². The highest BCUT2D eigenvalue weighted by atomic mass is 16.5. The maximum atomic E-state index is 5.13. The Hall–Kier alpha value is -2.14. The van der Waals surface area contributed by atoms with Gasteiger partial charge >= 0.3 is 0 Å². The third kappa shape index (κ3) is 2.66. The number of methoxy groups -OCH3 is 1. The number of nitrogens with zero attached hydrogens (tertiary/aromatic N) is 2. The van der Waals surface area contributed by atoms with Crippen molar-refractivity contribution >= 4 is 11.5 Å². The third-order valence-electron chi connectivity index (χ3n) is 3.18. The highest BCUT2D eigenvalue weighted by Gasteiger charge is 2.11. The van der Waals surface area contributed by atoms with Gasteiger partial charge in [0.25, 0.3) is 0 Å². The van der Waals surface area contributed by atoms with Gasteiger partial charge in [-0.3, -0.25) is 0 Å². The molecule has 2 N–H and O–H groups in total. The van der Waals surface area contributed by atoms with E-state index in [2.05, 4.69) is 26.9 Å². The van der Waals surface area contributed by atoms with Crippen molar-refractivity contribution in [1.29, 1.82) is 0 Å². The Kier molecular flexibility index (Phi) is 3.29. The summed E-state index contributed by atoms with van der Waals surface area (Å²) in [6, 6.07) is 9.79. The summed E-state index contributed by atoms with van der Waals surface area (Å²) in [5, 5.41) is 15.1. The lowest BCUT2D eigenvalue weighted by Crippen LogP contribution is -2.25. The zero-order valence-electron chi connectivity index (χ0n) is 10.8. The number of ether oxygens (including phenoxy) is 1. The maximum absolute atomic E-state index is 5.13. The summed E-state index contributed by atoms with van der Waals surface area (Å²) < 4.78 is 5.13. The topological polar surface area (TPSA) is 59.1 Å². The highest BCUT2D eigenvalue weighted by Crippen LogP contribution is 2.20. The Morgan fingerprint density at radius 1 is 1.21 bits per heavy atom. The van der Waals surface area contributed by atoms with Gasteiger partial charge in [-0.15, -0.1) is 5.10 Å². The van der Waals surface area contributed by atoms with Crippen LogP contribution in [0.4, 0.5) is 11.5 Å². The summed E-state index contributed by atoms with van der Waals surface area (Å²) in [7, 11) is 1.66. The molecule has 19 heavy (non-hydrogen) atoms. The monoisotopic (exact) mass is 256 g/mol. The van der Waals surface area contributed by atoms with Crippen LogP contribution < -0.4 is 15.4 Å². The van der Waals surface area contributed by atoms with E-state index in [1.807, 2.05) is 24.3 Å². The Morgan fingerprint density at radius 2 is 2.05 bits per heavy atom. The van der Waals surface area contributed by atoms with Gasteiger partial charge in [0, 0.05) is 25.2 Å². The fourth-order valence-corrected chi connectivity index (χ4v) is 2.13. The molecule has 0 bridgehead atoms. The van der Waals surface area contributed by atoms with Gasteiger partial charge in [-0.25, -0.2) is 0 Å². The number of rotatable bonds is 3. The van der Waals surface area contributed by atoms with Crippen LogP contribution in [0.25, 0.3) is 0 Å². The number of aromatic nitrogens is 2. The SMILES string of the molecule is COc1ccc(Nc2cc3c(nn2)CCNC3)cc1. The van der Waals surface area contributed by atoms with Crippen LogP contribution in [-0.4, -0.2) is 23.9 Å². The van der Waals surface area contributed by atoms with Crippen molar-refractivity contribution in [2.45, 2.75) is 13.0 Å². The molecule has 1 aliphatic rings. The number of fused-ring (bicyclic) bond motifs is 1. The van der Waals surface area contributed by atoms with Crippen molar-refractivity contribution < 1.29 is 4.74 Å². The summed E-state index contributed by atoms with van der Waals surface area (Å²) in [6.07, 6.45) is 0.950. The molecule has 0 radical (unpaired) electrons. The second-order valence-corrected chi connectivity index (χ2v) is 4.48. The molecular formula is C14H16N4O. The zero-order chi connectivity index (χ0) is 13.1. The summed E-state index contributed by atoms with van der Waals surface area (Å²) in [6.45, 7) is 1.84. The fraction of sp³-hybridized carbons (Fsp3) is 0.286. The average molecular weight is 256 g/mol. The molecule has 0 unspecified atom stereocenters. The predicted octanol–water partition coefficient (Wildman–Crippen LogP) is 1.87. The molecule has 0 saturated heterocycles.